The normalized spacial score (nSPS) is 9.31. The summed E-state index contributed by atoms with van der Waals surface area (Å²) in [4.78, 5) is 10.8. The minimum absolute atomic E-state index is 0.244. The van der Waals surface area contributed by atoms with Crippen LogP contribution in [0.5, 0.6) is 0 Å². The van der Waals surface area contributed by atoms with Crippen molar-refractivity contribution >= 4 is 6.16 Å². The van der Waals surface area contributed by atoms with Crippen LogP contribution < -0.4 is 0 Å². The molecule has 0 saturated heterocycles. The molecule has 0 N–H and O–H groups in total. The highest BCUT2D eigenvalue weighted by Gasteiger charge is 2.01. The zero-order valence-corrected chi connectivity index (χ0v) is 7.45. The number of rotatable bonds is 3. The summed E-state index contributed by atoms with van der Waals surface area (Å²) in [6.45, 7) is 2.31. The Balaban J connectivity index is 2.31. The molecule has 0 spiro atoms. The van der Waals surface area contributed by atoms with Gasteiger partial charge in [-0.15, -0.1) is 0 Å². The minimum atomic E-state index is -0.629. The topological polar surface area (TPSA) is 35.5 Å². The molecule has 0 saturated carbocycles. The van der Waals surface area contributed by atoms with E-state index in [4.69, 9.17) is 4.74 Å². The van der Waals surface area contributed by atoms with Crippen LogP contribution in [0.25, 0.3) is 0 Å². The molecule has 0 aliphatic heterocycles. The highest BCUT2D eigenvalue weighted by molar-refractivity contribution is 5.59. The minimum Gasteiger partial charge on any atom is -0.435 e. The second-order valence-corrected chi connectivity index (χ2v) is 2.38. The maximum Gasteiger partial charge on any atom is 0.508 e. The van der Waals surface area contributed by atoms with E-state index in [0.717, 1.165) is 5.56 Å². The SMILES string of the molecule is CCOC(=O)OCc1cc[c]cc1. The maximum absolute atomic E-state index is 10.8. The first-order chi connectivity index (χ1) is 6.33. The van der Waals surface area contributed by atoms with Gasteiger partial charge < -0.3 is 9.47 Å². The molecule has 0 atom stereocenters. The molecule has 1 rings (SSSR count). The van der Waals surface area contributed by atoms with E-state index < -0.39 is 6.16 Å². The van der Waals surface area contributed by atoms with Gasteiger partial charge >= 0.3 is 6.16 Å². The van der Waals surface area contributed by atoms with Gasteiger partial charge in [0.25, 0.3) is 0 Å². The zero-order chi connectivity index (χ0) is 9.52. The third kappa shape index (κ3) is 3.60. The van der Waals surface area contributed by atoms with Crippen LogP contribution in [0, 0.1) is 6.07 Å². The Morgan fingerprint density at radius 2 is 2.08 bits per heavy atom. The second kappa shape index (κ2) is 5.19. The lowest BCUT2D eigenvalue weighted by Gasteiger charge is -2.03. The fraction of sp³-hybridized carbons (Fsp3) is 0.300. The number of hydrogen-bond acceptors (Lipinski definition) is 3. The predicted molar refractivity (Wildman–Crippen MR) is 47.1 cm³/mol. The van der Waals surface area contributed by atoms with Crippen molar-refractivity contribution in [1.82, 2.24) is 0 Å². The van der Waals surface area contributed by atoms with Gasteiger partial charge in [0.2, 0.25) is 0 Å². The lowest BCUT2D eigenvalue weighted by molar-refractivity contribution is 0.0536. The smallest absolute Gasteiger partial charge is 0.435 e. The summed E-state index contributed by atoms with van der Waals surface area (Å²) >= 11 is 0. The molecule has 0 aliphatic carbocycles. The largest absolute Gasteiger partial charge is 0.508 e. The summed E-state index contributed by atoms with van der Waals surface area (Å²) in [5.41, 5.74) is 0.923. The summed E-state index contributed by atoms with van der Waals surface area (Å²) < 4.78 is 9.39. The van der Waals surface area contributed by atoms with Gasteiger partial charge in [0.05, 0.1) is 6.61 Å². The van der Waals surface area contributed by atoms with Crippen molar-refractivity contribution in [1.29, 1.82) is 0 Å². The molecule has 1 aromatic carbocycles. The van der Waals surface area contributed by atoms with Gasteiger partial charge in [-0.25, -0.2) is 4.79 Å². The average Bonchev–Trinajstić information content (AvgIpc) is 2.17. The third-order valence-electron chi connectivity index (χ3n) is 1.41. The molecule has 0 aromatic heterocycles. The van der Waals surface area contributed by atoms with Gasteiger partial charge in [-0.3, -0.25) is 0 Å². The van der Waals surface area contributed by atoms with Crippen LogP contribution in [0.4, 0.5) is 4.79 Å². The summed E-state index contributed by atoms with van der Waals surface area (Å²) in [5.74, 6) is 0. The van der Waals surface area contributed by atoms with Crippen molar-refractivity contribution in [2.75, 3.05) is 6.61 Å². The van der Waals surface area contributed by atoms with Crippen LogP contribution in [0.1, 0.15) is 12.5 Å². The fourth-order valence-corrected chi connectivity index (χ4v) is 0.819. The van der Waals surface area contributed by atoms with E-state index in [1.54, 1.807) is 19.1 Å². The molecule has 1 aromatic rings. The number of carbonyl (C=O) groups excluding carboxylic acids is 1. The van der Waals surface area contributed by atoms with Gasteiger partial charge in [-0.2, -0.15) is 0 Å². The van der Waals surface area contributed by atoms with Gasteiger partial charge in [0.1, 0.15) is 6.61 Å². The molecule has 3 heteroatoms. The average molecular weight is 179 g/mol. The zero-order valence-electron chi connectivity index (χ0n) is 7.45. The Bertz CT molecular complexity index is 256. The van der Waals surface area contributed by atoms with E-state index in [9.17, 15) is 4.79 Å². The van der Waals surface area contributed by atoms with Crippen LogP contribution >= 0.6 is 0 Å². The maximum atomic E-state index is 10.8. The molecule has 0 fully saturated rings. The van der Waals surface area contributed by atoms with Crippen molar-refractivity contribution in [3.05, 3.63) is 35.9 Å². The summed E-state index contributed by atoms with van der Waals surface area (Å²) in [5, 5.41) is 0. The van der Waals surface area contributed by atoms with E-state index in [0.29, 0.717) is 6.61 Å². The van der Waals surface area contributed by atoms with Crippen LogP contribution in [-0.2, 0) is 16.1 Å². The van der Waals surface area contributed by atoms with E-state index in [1.807, 2.05) is 12.1 Å². The van der Waals surface area contributed by atoms with Crippen molar-refractivity contribution in [3.8, 4) is 0 Å². The van der Waals surface area contributed by atoms with Gasteiger partial charge in [0.15, 0.2) is 0 Å². The first kappa shape index (κ1) is 9.58. The van der Waals surface area contributed by atoms with E-state index in [1.165, 1.54) is 0 Å². The molecule has 0 amide bonds. The summed E-state index contributed by atoms with van der Waals surface area (Å²) in [7, 11) is 0. The van der Waals surface area contributed by atoms with Crippen molar-refractivity contribution < 1.29 is 14.3 Å². The van der Waals surface area contributed by atoms with E-state index in [-0.39, 0.29) is 6.61 Å². The Morgan fingerprint density at radius 1 is 1.38 bits per heavy atom. The molecule has 13 heavy (non-hydrogen) atoms. The molecule has 1 radical (unpaired) electrons. The standard InChI is InChI=1S/C10H11O3/c1-2-12-10(11)13-8-9-6-4-3-5-7-9/h4-7H,2,8H2,1H3. The molecule has 0 aliphatic rings. The molecule has 3 nitrogen and oxygen atoms in total. The second-order valence-electron chi connectivity index (χ2n) is 2.38. The first-order valence-corrected chi connectivity index (χ1v) is 4.07. The first-order valence-electron chi connectivity index (χ1n) is 4.07. The number of ether oxygens (including phenoxy) is 2. The number of hydrogen-bond donors (Lipinski definition) is 0. The van der Waals surface area contributed by atoms with Gasteiger partial charge in [0, 0.05) is 0 Å². The predicted octanol–water partition coefficient (Wildman–Crippen LogP) is 2.16. The Kier molecular flexibility index (Phi) is 3.82. The van der Waals surface area contributed by atoms with Crippen LogP contribution in [-0.4, -0.2) is 12.8 Å². The number of benzene rings is 1. The lowest BCUT2D eigenvalue weighted by Crippen LogP contribution is -2.06. The Morgan fingerprint density at radius 3 is 2.69 bits per heavy atom. The summed E-state index contributed by atoms with van der Waals surface area (Å²) in [6, 6.07) is 10.1. The van der Waals surface area contributed by atoms with Crippen LogP contribution in [0.3, 0.4) is 0 Å². The van der Waals surface area contributed by atoms with Crippen molar-refractivity contribution in [2.24, 2.45) is 0 Å². The highest BCUT2D eigenvalue weighted by Crippen LogP contribution is 2.00. The monoisotopic (exact) mass is 179 g/mol. The molecule has 0 heterocycles. The lowest BCUT2D eigenvalue weighted by atomic mass is 10.2. The van der Waals surface area contributed by atoms with Gasteiger partial charge in [-0.05, 0) is 18.6 Å². The highest BCUT2D eigenvalue weighted by atomic mass is 16.7. The van der Waals surface area contributed by atoms with Crippen LogP contribution in [0.2, 0.25) is 0 Å². The molecule has 0 bridgehead atoms. The Labute approximate surface area is 77.3 Å². The third-order valence-corrected chi connectivity index (χ3v) is 1.41. The quantitative estimate of drug-likeness (QED) is 0.667. The molecule has 69 valence electrons. The van der Waals surface area contributed by atoms with Gasteiger partial charge in [-0.1, -0.05) is 24.3 Å². The van der Waals surface area contributed by atoms with E-state index >= 15 is 0 Å². The van der Waals surface area contributed by atoms with Crippen LogP contribution in [0.15, 0.2) is 24.3 Å². The molecular weight excluding hydrogens is 168 g/mol. The van der Waals surface area contributed by atoms with E-state index in [2.05, 4.69) is 10.8 Å². The number of carbonyl (C=O) groups is 1. The van der Waals surface area contributed by atoms with Crippen molar-refractivity contribution in [2.45, 2.75) is 13.5 Å². The fourth-order valence-electron chi connectivity index (χ4n) is 0.819. The Hall–Kier alpha value is -1.51. The molecule has 0 unspecified atom stereocenters. The molecular formula is C10H11O3. The van der Waals surface area contributed by atoms with Crippen molar-refractivity contribution in [3.63, 3.8) is 0 Å². The summed E-state index contributed by atoms with van der Waals surface area (Å²) in [6.07, 6.45) is -0.629.